The van der Waals surface area contributed by atoms with Crippen LogP contribution in [0.3, 0.4) is 0 Å². The summed E-state index contributed by atoms with van der Waals surface area (Å²) in [6.07, 6.45) is 15.5. The highest BCUT2D eigenvalue weighted by molar-refractivity contribution is 6.18. The van der Waals surface area contributed by atoms with Crippen molar-refractivity contribution in [2.75, 3.05) is 13.0 Å². The van der Waals surface area contributed by atoms with Crippen molar-refractivity contribution in [1.82, 2.24) is 0 Å². The average molecular weight is 399 g/mol. The number of allylic oxidation sites excluding steroid dienone is 4. The number of alkyl halides is 1. The van der Waals surface area contributed by atoms with Gasteiger partial charge in [0.25, 0.3) is 0 Å². The summed E-state index contributed by atoms with van der Waals surface area (Å²) in [6, 6.07) is 0. The molecule has 1 unspecified atom stereocenters. The Balaban J connectivity index is 2.49. The molecule has 0 aromatic carbocycles. The molecule has 4 nitrogen and oxygen atoms in total. The zero-order chi connectivity index (χ0) is 20.1. The van der Waals surface area contributed by atoms with E-state index in [4.69, 9.17) is 11.6 Å². The van der Waals surface area contributed by atoms with Crippen LogP contribution in [0.1, 0.15) is 64.7 Å². The van der Waals surface area contributed by atoms with Crippen LogP contribution in [0.2, 0.25) is 0 Å². The van der Waals surface area contributed by atoms with E-state index in [1.807, 2.05) is 12.2 Å². The van der Waals surface area contributed by atoms with E-state index in [0.717, 1.165) is 6.42 Å². The number of hydrogen-bond acceptors (Lipinski definition) is 4. The Morgan fingerprint density at radius 1 is 1.26 bits per heavy atom. The number of Topliss-reactive ketones (excluding diaryl/α,β-unsaturated/α-hetero) is 1. The molecule has 0 heterocycles. The molecule has 27 heavy (non-hydrogen) atoms. The second kappa shape index (κ2) is 14.0. The molecule has 0 amide bonds. The molecule has 4 atom stereocenters. The molecule has 1 rings (SSSR count). The lowest BCUT2D eigenvalue weighted by atomic mass is 9.87. The number of carbonyl (C=O) groups excluding carboxylic acids is 2. The van der Waals surface area contributed by atoms with E-state index < -0.39 is 12.1 Å². The predicted molar refractivity (Wildman–Crippen MR) is 110 cm³/mol. The molecule has 1 saturated carbocycles. The SMILES string of the molecule is CCCCCC/C=C/[C@H]1[C@H](CCl)CC(=O)[C@@H]1C/C=C\CCC(O)C(=O)OC. The van der Waals surface area contributed by atoms with Gasteiger partial charge in [0.2, 0.25) is 0 Å². The predicted octanol–water partition coefficient (Wildman–Crippen LogP) is 4.83. The number of methoxy groups -OCH3 is 1. The van der Waals surface area contributed by atoms with Crippen LogP contribution >= 0.6 is 11.6 Å². The number of hydrogen-bond donors (Lipinski definition) is 1. The third-order valence-electron chi connectivity index (χ3n) is 5.30. The van der Waals surface area contributed by atoms with Crippen molar-refractivity contribution in [2.45, 2.75) is 70.8 Å². The van der Waals surface area contributed by atoms with Gasteiger partial charge in [-0.15, -0.1) is 11.6 Å². The summed E-state index contributed by atoms with van der Waals surface area (Å²) in [5.41, 5.74) is 0. The van der Waals surface area contributed by atoms with Gasteiger partial charge in [0.05, 0.1) is 7.11 Å². The first-order chi connectivity index (χ1) is 13.0. The Hall–Kier alpha value is -1.13. The molecule has 0 aromatic rings. The first kappa shape index (κ1) is 23.9. The van der Waals surface area contributed by atoms with Crippen LogP contribution in [0.4, 0.5) is 0 Å². The Labute approximate surface area is 169 Å². The first-order valence-corrected chi connectivity index (χ1v) is 10.7. The molecule has 1 fully saturated rings. The van der Waals surface area contributed by atoms with Gasteiger partial charge in [-0.05, 0) is 43.9 Å². The standard InChI is InChI=1S/C22H35ClO4/c1-3-4-5-6-7-9-12-18-17(16-23)15-21(25)19(18)13-10-8-11-14-20(24)22(26)27-2/h8-10,12,17-20,24H,3-7,11,13-16H2,1-2H3/b10-8-,12-9+/t17-,18-,19+,20?/m0/s1. The maximum Gasteiger partial charge on any atom is 0.334 e. The number of aliphatic hydroxyl groups is 1. The van der Waals surface area contributed by atoms with Crippen LogP contribution in [0.25, 0.3) is 0 Å². The van der Waals surface area contributed by atoms with Crippen LogP contribution in [0, 0.1) is 17.8 Å². The van der Waals surface area contributed by atoms with Gasteiger partial charge in [-0.25, -0.2) is 4.79 Å². The quantitative estimate of drug-likeness (QED) is 0.209. The molecule has 154 valence electrons. The lowest BCUT2D eigenvalue weighted by Gasteiger charge is -2.18. The number of carbonyl (C=O) groups is 2. The topological polar surface area (TPSA) is 63.6 Å². The third-order valence-corrected chi connectivity index (χ3v) is 5.70. The Bertz CT molecular complexity index is 501. The number of halogens is 1. The summed E-state index contributed by atoms with van der Waals surface area (Å²) >= 11 is 6.10. The molecule has 0 radical (unpaired) electrons. The molecule has 0 spiro atoms. The highest BCUT2D eigenvalue weighted by Crippen LogP contribution is 2.38. The van der Waals surface area contributed by atoms with Crippen molar-refractivity contribution in [3.8, 4) is 0 Å². The van der Waals surface area contributed by atoms with Gasteiger partial charge in [-0.1, -0.05) is 50.5 Å². The van der Waals surface area contributed by atoms with Gasteiger partial charge in [-0.2, -0.15) is 0 Å². The van der Waals surface area contributed by atoms with Crippen molar-refractivity contribution in [3.63, 3.8) is 0 Å². The number of esters is 1. The molecule has 0 aromatic heterocycles. The molecule has 5 heteroatoms. The summed E-state index contributed by atoms with van der Waals surface area (Å²) in [5, 5.41) is 9.57. The molecule has 0 bridgehead atoms. The molecule has 1 aliphatic rings. The highest BCUT2D eigenvalue weighted by atomic mass is 35.5. The van der Waals surface area contributed by atoms with Gasteiger partial charge in [-0.3, -0.25) is 4.79 Å². The Morgan fingerprint density at radius 2 is 2.04 bits per heavy atom. The average Bonchev–Trinajstić information content (AvgIpc) is 2.98. The van der Waals surface area contributed by atoms with Gasteiger partial charge < -0.3 is 9.84 Å². The van der Waals surface area contributed by atoms with Crippen molar-refractivity contribution >= 4 is 23.4 Å². The fourth-order valence-corrected chi connectivity index (χ4v) is 3.95. The molecule has 1 aliphatic carbocycles. The summed E-state index contributed by atoms with van der Waals surface area (Å²) in [5.74, 6) is 0.630. The normalized spacial score (nSPS) is 24.1. The van der Waals surface area contributed by atoms with Crippen LogP contribution in [-0.4, -0.2) is 36.0 Å². The van der Waals surface area contributed by atoms with E-state index in [2.05, 4.69) is 23.8 Å². The number of ketones is 1. The van der Waals surface area contributed by atoms with E-state index in [-0.39, 0.29) is 17.8 Å². The Morgan fingerprint density at radius 3 is 2.70 bits per heavy atom. The second-order valence-electron chi connectivity index (χ2n) is 7.37. The van der Waals surface area contributed by atoms with E-state index in [0.29, 0.717) is 37.3 Å². The van der Waals surface area contributed by atoms with Gasteiger partial charge >= 0.3 is 5.97 Å². The smallest absolute Gasteiger partial charge is 0.334 e. The van der Waals surface area contributed by atoms with Crippen molar-refractivity contribution in [2.24, 2.45) is 17.8 Å². The van der Waals surface area contributed by atoms with E-state index in [9.17, 15) is 14.7 Å². The number of rotatable bonds is 13. The third kappa shape index (κ3) is 8.61. The van der Waals surface area contributed by atoms with Crippen LogP contribution < -0.4 is 0 Å². The van der Waals surface area contributed by atoms with Crippen LogP contribution in [-0.2, 0) is 14.3 Å². The van der Waals surface area contributed by atoms with Crippen molar-refractivity contribution < 1.29 is 19.4 Å². The molecule has 0 saturated heterocycles. The van der Waals surface area contributed by atoms with Crippen molar-refractivity contribution in [1.29, 1.82) is 0 Å². The highest BCUT2D eigenvalue weighted by Gasteiger charge is 2.39. The minimum atomic E-state index is -1.09. The fourth-order valence-electron chi connectivity index (χ4n) is 3.64. The van der Waals surface area contributed by atoms with Gasteiger partial charge in [0.1, 0.15) is 5.78 Å². The summed E-state index contributed by atoms with van der Waals surface area (Å²) in [4.78, 5) is 23.6. The van der Waals surface area contributed by atoms with Gasteiger partial charge in [0, 0.05) is 18.2 Å². The molecular formula is C22H35ClO4. The van der Waals surface area contributed by atoms with E-state index in [1.165, 1.54) is 32.8 Å². The monoisotopic (exact) mass is 398 g/mol. The maximum atomic E-state index is 12.4. The molecule has 1 N–H and O–H groups in total. The first-order valence-electron chi connectivity index (χ1n) is 10.2. The zero-order valence-electron chi connectivity index (χ0n) is 16.7. The lowest BCUT2D eigenvalue weighted by Crippen LogP contribution is -2.21. The van der Waals surface area contributed by atoms with Crippen molar-refractivity contribution in [3.05, 3.63) is 24.3 Å². The lowest BCUT2D eigenvalue weighted by molar-refractivity contribution is -0.150. The minimum Gasteiger partial charge on any atom is -0.467 e. The zero-order valence-corrected chi connectivity index (χ0v) is 17.5. The largest absolute Gasteiger partial charge is 0.467 e. The number of ether oxygens (including phenoxy) is 1. The summed E-state index contributed by atoms with van der Waals surface area (Å²) < 4.78 is 4.49. The minimum absolute atomic E-state index is 0.0116. The number of aliphatic hydroxyl groups excluding tert-OH is 1. The van der Waals surface area contributed by atoms with Gasteiger partial charge in [0.15, 0.2) is 6.10 Å². The second-order valence-corrected chi connectivity index (χ2v) is 7.68. The van der Waals surface area contributed by atoms with E-state index >= 15 is 0 Å². The maximum absolute atomic E-state index is 12.4. The van der Waals surface area contributed by atoms with Crippen LogP contribution in [0.5, 0.6) is 0 Å². The molecule has 0 aliphatic heterocycles. The summed E-state index contributed by atoms with van der Waals surface area (Å²) in [7, 11) is 1.26. The molecular weight excluding hydrogens is 364 g/mol. The Kier molecular flexibility index (Phi) is 12.4. The van der Waals surface area contributed by atoms with E-state index in [1.54, 1.807) is 0 Å². The van der Waals surface area contributed by atoms with Crippen LogP contribution in [0.15, 0.2) is 24.3 Å². The number of unbranched alkanes of at least 4 members (excludes halogenated alkanes) is 4. The summed E-state index contributed by atoms with van der Waals surface area (Å²) in [6.45, 7) is 2.21. The fraction of sp³-hybridized carbons (Fsp3) is 0.727.